The summed E-state index contributed by atoms with van der Waals surface area (Å²) in [7, 11) is 0. The summed E-state index contributed by atoms with van der Waals surface area (Å²) in [4.78, 5) is 11.6. The molecule has 0 spiro atoms. The van der Waals surface area contributed by atoms with Crippen LogP contribution in [0.1, 0.15) is 26.2 Å². The third kappa shape index (κ3) is 2.70. The smallest absolute Gasteiger partial charge is 0.425 e. The summed E-state index contributed by atoms with van der Waals surface area (Å²) in [6, 6.07) is 0. The van der Waals surface area contributed by atoms with Gasteiger partial charge in [0.1, 0.15) is 12.8 Å². The van der Waals surface area contributed by atoms with E-state index in [-0.39, 0.29) is 18.4 Å². The van der Waals surface area contributed by atoms with Gasteiger partial charge in [-0.1, -0.05) is 6.58 Å². The first-order valence-corrected chi connectivity index (χ1v) is 7.46. The minimum absolute atomic E-state index is 0.0867. The monoisotopic (exact) mass is 360 g/mol. The number of alkyl halides is 6. The standard InChI is InChI=1S/C15H18F6O3/c1-7(2)12(22)24-11-9-4-3-8(5-9)10(11)14(17,18)13(23,6-16)15(19,20)21/h8-11,23H,1,3-6H2,2H3. The highest BCUT2D eigenvalue weighted by atomic mass is 19.4. The zero-order chi connectivity index (χ0) is 18.5. The van der Waals surface area contributed by atoms with Crippen molar-refractivity contribution in [2.45, 2.75) is 50.0 Å². The molecule has 138 valence electrons. The predicted molar refractivity (Wildman–Crippen MR) is 70.9 cm³/mol. The Morgan fingerprint density at radius 3 is 2.21 bits per heavy atom. The van der Waals surface area contributed by atoms with E-state index in [1.165, 1.54) is 6.92 Å². The predicted octanol–water partition coefficient (Wildman–Crippen LogP) is 3.42. The van der Waals surface area contributed by atoms with E-state index in [1.807, 2.05) is 0 Å². The summed E-state index contributed by atoms with van der Waals surface area (Å²) < 4.78 is 85.8. The summed E-state index contributed by atoms with van der Waals surface area (Å²) in [5, 5.41) is 9.43. The van der Waals surface area contributed by atoms with E-state index in [2.05, 4.69) is 6.58 Å². The minimum atomic E-state index is -5.87. The van der Waals surface area contributed by atoms with Gasteiger partial charge in [-0.2, -0.15) is 13.2 Å². The molecule has 0 aromatic carbocycles. The molecule has 2 bridgehead atoms. The largest absolute Gasteiger partial charge is 0.458 e. The maximum atomic E-state index is 14.6. The second-order valence-corrected chi connectivity index (χ2v) is 6.62. The van der Waals surface area contributed by atoms with Crippen molar-refractivity contribution >= 4 is 5.97 Å². The van der Waals surface area contributed by atoms with Crippen molar-refractivity contribution in [1.29, 1.82) is 0 Å². The number of ether oxygens (including phenoxy) is 1. The lowest BCUT2D eigenvalue weighted by molar-refractivity contribution is -0.354. The van der Waals surface area contributed by atoms with Gasteiger partial charge >= 0.3 is 12.1 Å². The lowest BCUT2D eigenvalue weighted by atomic mass is 9.75. The molecule has 9 heteroatoms. The van der Waals surface area contributed by atoms with E-state index in [0.717, 1.165) is 0 Å². The van der Waals surface area contributed by atoms with E-state index >= 15 is 0 Å². The van der Waals surface area contributed by atoms with E-state index in [0.29, 0.717) is 6.42 Å². The maximum Gasteiger partial charge on any atom is 0.425 e. The summed E-state index contributed by atoms with van der Waals surface area (Å²) in [6.07, 6.45) is -6.59. The first-order valence-electron chi connectivity index (χ1n) is 7.46. The van der Waals surface area contributed by atoms with Gasteiger partial charge in [-0.05, 0) is 38.0 Å². The highest BCUT2D eigenvalue weighted by Gasteiger charge is 2.75. The van der Waals surface area contributed by atoms with Crippen LogP contribution in [0.2, 0.25) is 0 Å². The minimum Gasteiger partial charge on any atom is -0.458 e. The topological polar surface area (TPSA) is 46.5 Å². The third-order valence-electron chi connectivity index (χ3n) is 5.06. The van der Waals surface area contributed by atoms with Crippen LogP contribution >= 0.6 is 0 Å². The van der Waals surface area contributed by atoms with Crippen LogP contribution < -0.4 is 0 Å². The Morgan fingerprint density at radius 1 is 1.21 bits per heavy atom. The Morgan fingerprint density at radius 2 is 1.75 bits per heavy atom. The molecule has 0 heterocycles. The Balaban J connectivity index is 2.39. The van der Waals surface area contributed by atoms with Crippen LogP contribution in [0.25, 0.3) is 0 Å². The Hall–Kier alpha value is -1.25. The summed E-state index contributed by atoms with van der Waals surface area (Å²) >= 11 is 0. The van der Waals surface area contributed by atoms with Crippen LogP contribution in [0, 0.1) is 17.8 Å². The van der Waals surface area contributed by atoms with Gasteiger partial charge in [0.05, 0.1) is 5.92 Å². The van der Waals surface area contributed by atoms with Gasteiger partial charge in [0.15, 0.2) is 0 Å². The lowest BCUT2D eigenvalue weighted by Crippen LogP contribution is -2.66. The highest BCUT2D eigenvalue weighted by molar-refractivity contribution is 5.87. The molecule has 0 amide bonds. The number of halogens is 6. The molecule has 0 radical (unpaired) electrons. The molecule has 0 saturated heterocycles. The lowest BCUT2D eigenvalue weighted by Gasteiger charge is -2.43. The third-order valence-corrected chi connectivity index (χ3v) is 5.06. The fourth-order valence-electron chi connectivity index (χ4n) is 3.76. The molecule has 2 aliphatic carbocycles. The molecule has 24 heavy (non-hydrogen) atoms. The summed E-state index contributed by atoms with van der Waals surface area (Å²) in [6.45, 7) is 1.89. The number of carbonyl (C=O) groups is 1. The molecule has 2 fully saturated rings. The molecule has 5 unspecified atom stereocenters. The van der Waals surface area contributed by atoms with Gasteiger partial charge in [0.25, 0.3) is 11.5 Å². The molecule has 0 aromatic rings. The van der Waals surface area contributed by atoms with E-state index in [4.69, 9.17) is 4.74 Å². The number of aliphatic hydroxyl groups is 1. The van der Waals surface area contributed by atoms with Crippen LogP contribution in [0.3, 0.4) is 0 Å². The second kappa shape index (κ2) is 5.93. The molecule has 0 aromatic heterocycles. The first-order chi connectivity index (χ1) is 10.9. The highest BCUT2D eigenvalue weighted by Crippen LogP contribution is 2.59. The zero-order valence-electron chi connectivity index (χ0n) is 12.9. The van der Waals surface area contributed by atoms with Gasteiger partial charge in [0, 0.05) is 5.57 Å². The molecule has 0 aliphatic heterocycles. The molecular weight excluding hydrogens is 342 g/mol. The quantitative estimate of drug-likeness (QED) is 0.464. The Bertz CT molecular complexity index is 532. The number of carbonyl (C=O) groups excluding carboxylic acids is 1. The van der Waals surface area contributed by atoms with Gasteiger partial charge in [-0.15, -0.1) is 0 Å². The van der Waals surface area contributed by atoms with Crippen molar-refractivity contribution < 1.29 is 41.0 Å². The first kappa shape index (κ1) is 19.1. The fraction of sp³-hybridized carbons (Fsp3) is 0.800. The van der Waals surface area contributed by atoms with Gasteiger partial charge < -0.3 is 9.84 Å². The van der Waals surface area contributed by atoms with Gasteiger partial charge in [-0.25, -0.2) is 18.0 Å². The Labute approximate surface area is 134 Å². The normalized spacial score (nSPS) is 32.5. The van der Waals surface area contributed by atoms with Crippen LogP contribution in [-0.2, 0) is 9.53 Å². The van der Waals surface area contributed by atoms with Crippen LogP contribution in [-0.4, -0.2) is 41.6 Å². The van der Waals surface area contributed by atoms with E-state index in [1.54, 1.807) is 0 Å². The number of hydrogen-bond acceptors (Lipinski definition) is 3. The molecule has 5 atom stereocenters. The van der Waals surface area contributed by atoms with Crippen molar-refractivity contribution in [3.63, 3.8) is 0 Å². The molecular formula is C15H18F6O3. The fourth-order valence-corrected chi connectivity index (χ4v) is 3.76. The van der Waals surface area contributed by atoms with E-state index < -0.39 is 54.2 Å². The van der Waals surface area contributed by atoms with Crippen molar-refractivity contribution in [3.05, 3.63) is 12.2 Å². The molecule has 3 nitrogen and oxygen atoms in total. The maximum absolute atomic E-state index is 14.6. The summed E-state index contributed by atoms with van der Waals surface area (Å²) in [5.41, 5.74) is -4.90. The van der Waals surface area contributed by atoms with Crippen LogP contribution in [0.4, 0.5) is 26.3 Å². The number of hydrogen-bond donors (Lipinski definition) is 1. The zero-order valence-corrected chi connectivity index (χ0v) is 12.9. The van der Waals surface area contributed by atoms with Gasteiger partial charge in [-0.3, -0.25) is 0 Å². The van der Waals surface area contributed by atoms with Crippen molar-refractivity contribution in [2.75, 3.05) is 6.67 Å². The SMILES string of the molecule is C=C(C)C(=O)OC1C2CCC(C2)C1C(F)(F)C(O)(CF)C(F)(F)F. The number of fused-ring (bicyclic) bond motifs is 2. The van der Waals surface area contributed by atoms with Crippen molar-refractivity contribution in [1.82, 2.24) is 0 Å². The molecule has 2 aliphatic rings. The van der Waals surface area contributed by atoms with Crippen LogP contribution in [0.15, 0.2) is 12.2 Å². The average Bonchev–Trinajstić information content (AvgIpc) is 3.05. The molecule has 2 rings (SSSR count). The van der Waals surface area contributed by atoms with Crippen molar-refractivity contribution in [3.8, 4) is 0 Å². The van der Waals surface area contributed by atoms with Crippen molar-refractivity contribution in [2.24, 2.45) is 17.8 Å². The second-order valence-electron chi connectivity index (χ2n) is 6.62. The van der Waals surface area contributed by atoms with Gasteiger partial charge in [0.2, 0.25) is 0 Å². The summed E-state index contributed by atoms with van der Waals surface area (Å²) in [5.74, 6) is -9.34. The van der Waals surface area contributed by atoms with E-state index in [9.17, 15) is 36.2 Å². The molecule has 1 N–H and O–H groups in total. The average molecular weight is 360 g/mol. The number of esters is 1. The van der Waals surface area contributed by atoms with Crippen LogP contribution in [0.5, 0.6) is 0 Å². The number of rotatable bonds is 5. The Kier molecular flexibility index (Phi) is 4.71. The molecule has 2 saturated carbocycles.